The Labute approximate surface area is 131 Å². The second-order valence-electron chi connectivity index (χ2n) is 5.88. The van der Waals surface area contributed by atoms with Gasteiger partial charge in [-0.05, 0) is 39.8 Å². The minimum atomic E-state index is -3.38. The summed E-state index contributed by atoms with van der Waals surface area (Å²) < 4.78 is 27.1. The van der Waals surface area contributed by atoms with Crippen LogP contribution < -0.4 is 10.0 Å². The standard InChI is InChI=1S/C14H25N3O2S2/c1-11(2)17(3)7-6-16-21(18,19)14-8-13(20-10-14)9-15-12-4-5-12/h8,10-12,15-16H,4-7,9H2,1-3H3. The Balaban J connectivity index is 1.83. The molecule has 0 spiro atoms. The second kappa shape index (κ2) is 7.19. The molecule has 1 aliphatic rings. The molecule has 2 rings (SSSR count). The van der Waals surface area contributed by atoms with E-state index >= 15 is 0 Å². The van der Waals surface area contributed by atoms with Crippen molar-refractivity contribution in [3.8, 4) is 0 Å². The number of thiophene rings is 1. The van der Waals surface area contributed by atoms with Gasteiger partial charge in [0.15, 0.2) is 0 Å². The molecule has 21 heavy (non-hydrogen) atoms. The molecule has 0 unspecified atom stereocenters. The Kier molecular flexibility index (Phi) is 5.79. The Morgan fingerprint density at radius 1 is 1.43 bits per heavy atom. The van der Waals surface area contributed by atoms with E-state index < -0.39 is 10.0 Å². The normalized spacial score (nSPS) is 16.0. The third-order valence-corrected chi connectivity index (χ3v) is 6.25. The van der Waals surface area contributed by atoms with Crippen molar-refractivity contribution in [1.82, 2.24) is 14.9 Å². The van der Waals surface area contributed by atoms with E-state index in [0.717, 1.165) is 11.4 Å². The maximum atomic E-state index is 12.2. The molecule has 1 heterocycles. The number of rotatable bonds is 9. The number of sulfonamides is 1. The maximum Gasteiger partial charge on any atom is 0.241 e. The molecule has 0 bridgehead atoms. The Bertz CT molecular complexity index is 550. The molecule has 1 aromatic rings. The molecule has 0 radical (unpaired) electrons. The van der Waals surface area contributed by atoms with E-state index in [4.69, 9.17) is 0 Å². The van der Waals surface area contributed by atoms with Crippen molar-refractivity contribution >= 4 is 21.4 Å². The van der Waals surface area contributed by atoms with Crippen LogP contribution in [0.3, 0.4) is 0 Å². The van der Waals surface area contributed by atoms with Gasteiger partial charge < -0.3 is 10.2 Å². The monoisotopic (exact) mass is 331 g/mol. The van der Waals surface area contributed by atoms with Crippen LogP contribution in [0.25, 0.3) is 0 Å². The number of hydrogen-bond acceptors (Lipinski definition) is 5. The van der Waals surface area contributed by atoms with Gasteiger partial charge in [-0.25, -0.2) is 13.1 Å². The summed E-state index contributed by atoms with van der Waals surface area (Å²) >= 11 is 1.50. The average Bonchev–Trinajstić information content (AvgIpc) is 3.12. The molecule has 2 N–H and O–H groups in total. The first-order valence-electron chi connectivity index (χ1n) is 7.39. The molecular formula is C14H25N3O2S2. The summed E-state index contributed by atoms with van der Waals surface area (Å²) in [7, 11) is -1.39. The fourth-order valence-corrected chi connectivity index (χ4v) is 4.07. The molecule has 5 nitrogen and oxygen atoms in total. The van der Waals surface area contributed by atoms with E-state index in [9.17, 15) is 8.42 Å². The van der Waals surface area contributed by atoms with E-state index in [1.54, 1.807) is 11.4 Å². The second-order valence-corrected chi connectivity index (χ2v) is 8.64. The smallest absolute Gasteiger partial charge is 0.241 e. The first kappa shape index (κ1) is 16.9. The molecule has 1 fully saturated rings. The van der Waals surface area contributed by atoms with Gasteiger partial charge in [-0.1, -0.05) is 0 Å². The van der Waals surface area contributed by atoms with Crippen LogP contribution in [0.15, 0.2) is 16.3 Å². The van der Waals surface area contributed by atoms with Gasteiger partial charge in [-0.2, -0.15) is 0 Å². The van der Waals surface area contributed by atoms with Crippen LogP contribution in [0, 0.1) is 0 Å². The topological polar surface area (TPSA) is 61.4 Å². The fraction of sp³-hybridized carbons (Fsp3) is 0.714. The van der Waals surface area contributed by atoms with Gasteiger partial charge in [0.1, 0.15) is 0 Å². The summed E-state index contributed by atoms with van der Waals surface area (Å²) in [5, 5.41) is 5.12. The van der Waals surface area contributed by atoms with E-state index in [1.165, 1.54) is 24.2 Å². The SMILES string of the molecule is CC(C)N(C)CCNS(=O)(=O)c1csc(CNC2CC2)c1. The summed E-state index contributed by atoms with van der Waals surface area (Å²) in [5.74, 6) is 0. The zero-order valence-electron chi connectivity index (χ0n) is 12.9. The van der Waals surface area contributed by atoms with Crippen molar-refractivity contribution in [2.75, 3.05) is 20.1 Å². The molecule has 120 valence electrons. The molecule has 1 aliphatic carbocycles. The van der Waals surface area contributed by atoms with E-state index in [-0.39, 0.29) is 0 Å². The van der Waals surface area contributed by atoms with E-state index in [1.807, 2.05) is 7.05 Å². The first-order chi connectivity index (χ1) is 9.88. The predicted molar refractivity (Wildman–Crippen MR) is 87.1 cm³/mol. The first-order valence-corrected chi connectivity index (χ1v) is 9.75. The lowest BCUT2D eigenvalue weighted by molar-refractivity contribution is 0.278. The highest BCUT2D eigenvalue weighted by molar-refractivity contribution is 7.89. The minimum absolute atomic E-state index is 0.382. The van der Waals surface area contributed by atoms with E-state index in [2.05, 4.69) is 28.8 Å². The molecule has 0 saturated heterocycles. The summed E-state index contributed by atoms with van der Waals surface area (Å²) in [5.41, 5.74) is 0. The summed E-state index contributed by atoms with van der Waals surface area (Å²) in [6.07, 6.45) is 2.48. The number of hydrogen-bond donors (Lipinski definition) is 2. The summed E-state index contributed by atoms with van der Waals surface area (Å²) in [4.78, 5) is 3.56. The van der Waals surface area contributed by atoms with Gasteiger partial charge in [0.05, 0.1) is 4.90 Å². The van der Waals surface area contributed by atoms with Crippen molar-refractivity contribution in [1.29, 1.82) is 0 Å². The molecule has 1 saturated carbocycles. The van der Waals surface area contributed by atoms with Crippen LogP contribution in [0.2, 0.25) is 0 Å². The predicted octanol–water partition coefficient (Wildman–Crippen LogP) is 1.62. The Morgan fingerprint density at radius 2 is 2.14 bits per heavy atom. The van der Waals surface area contributed by atoms with Crippen molar-refractivity contribution in [2.45, 2.75) is 50.2 Å². The van der Waals surface area contributed by atoms with Crippen LogP contribution >= 0.6 is 11.3 Å². The highest BCUT2D eigenvalue weighted by atomic mass is 32.2. The average molecular weight is 332 g/mol. The van der Waals surface area contributed by atoms with Gasteiger partial charge in [-0.15, -0.1) is 11.3 Å². The fourth-order valence-electron chi connectivity index (χ4n) is 1.82. The number of likely N-dealkylation sites (N-methyl/N-ethyl adjacent to an activating group) is 1. The van der Waals surface area contributed by atoms with Crippen LogP contribution in [0.1, 0.15) is 31.6 Å². The molecule has 0 aliphatic heterocycles. The maximum absolute atomic E-state index is 12.2. The van der Waals surface area contributed by atoms with E-state index in [0.29, 0.717) is 30.1 Å². The summed E-state index contributed by atoms with van der Waals surface area (Å²) in [6.45, 7) is 6.08. The third kappa shape index (κ3) is 5.34. The lowest BCUT2D eigenvalue weighted by atomic mass is 10.3. The lowest BCUT2D eigenvalue weighted by Crippen LogP contribution is -2.36. The largest absolute Gasteiger partial charge is 0.309 e. The Hall–Kier alpha value is -0.470. The van der Waals surface area contributed by atoms with Gasteiger partial charge in [-0.3, -0.25) is 0 Å². The van der Waals surface area contributed by atoms with Crippen molar-refractivity contribution < 1.29 is 8.42 Å². The van der Waals surface area contributed by atoms with Crippen molar-refractivity contribution in [2.24, 2.45) is 0 Å². The highest BCUT2D eigenvalue weighted by Crippen LogP contribution is 2.22. The van der Waals surface area contributed by atoms with Gasteiger partial charge >= 0.3 is 0 Å². The number of nitrogens with zero attached hydrogens (tertiary/aromatic N) is 1. The molecule has 7 heteroatoms. The van der Waals surface area contributed by atoms with Crippen LogP contribution in [-0.4, -0.2) is 45.5 Å². The molecule has 0 atom stereocenters. The molecule has 0 amide bonds. The molecular weight excluding hydrogens is 306 g/mol. The van der Waals surface area contributed by atoms with Crippen LogP contribution in [-0.2, 0) is 16.6 Å². The van der Waals surface area contributed by atoms with Crippen molar-refractivity contribution in [3.63, 3.8) is 0 Å². The van der Waals surface area contributed by atoms with Crippen LogP contribution in [0.4, 0.5) is 0 Å². The zero-order valence-corrected chi connectivity index (χ0v) is 14.6. The molecule has 0 aromatic carbocycles. The quantitative estimate of drug-likeness (QED) is 0.722. The van der Waals surface area contributed by atoms with Gasteiger partial charge in [0.25, 0.3) is 0 Å². The van der Waals surface area contributed by atoms with Crippen molar-refractivity contribution in [3.05, 3.63) is 16.3 Å². The minimum Gasteiger partial charge on any atom is -0.309 e. The lowest BCUT2D eigenvalue weighted by Gasteiger charge is -2.20. The van der Waals surface area contributed by atoms with Gasteiger partial charge in [0, 0.05) is 42.0 Å². The molecule has 1 aromatic heterocycles. The number of nitrogens with one attached hydrogen (secondary N) is 2. The Morgan fingerprint density at radius 3 is 2.76 bits per heavy atom. The third-order valence-electron chi connectivity index (χ3n) is 3.72. The van der Waals surface area contributed by atoms with Crippen LogP contribution in [0.5, 0.6) is 0 Å². The van der Waals surface area contributed by atoms with Gasteiger partial charge in [0.2, 0.25) is 10.0 Å². The highest BCUT2D eigenvalue weighted by Gasteiger charge is 2.21. The summed E-state index contributed by atoms with van der Waals surface area (Å²) in [6, 6.07) is 2.82. The zero-order chi connectivity index (χ0) is 15.5.